The Bertz CT molecular complexity index is 2730. The first-order valence-corrected chi connectivity index (χ1v) is 16.4. The normalized spacial score (nSPS) is 13.5. The highest BCUT2D eigenvalue weighted by atomic mass is 16.3. The van der Waals surface area contributed by atoms with Gasteiger partial charge < -0.3 is 9.32 Å². The molecule has 0 saturated heterocycles. The minimum absolute atomic E-state index is 0.0959. The first kappa shape index (κ1) is 26.4. The Morgan fingerprint density at radius 3 is 1.94 bits per heavy atom. The van der Waals surface area contributed by atoms with Crippen molar-refractivity contribution in [1.29, 1.82) is 0 Å². The number of furan rings is 1. The van der Waals surface area contributed by atoms with Crippen LogP contribution in [0.25, 0.3) is 65.4 Å². The summed E-state index contributed by atoms with van der Waals surface area (Å²) >= 11 is 0. The predicted octanol–water partition coefficient (Wildman–Crippen LogP) is 12.8. The van der Waals surface area contributed by atoms with Gasteiger partial charge in [0.1, 0.15) is 11.2 Å². The minimum atomic E-state index is -0.0959. The molecular weight excluding hydrogens is 571 g/mol. The van der Waals surface area contributed by atoms with Gasteiger partial charge in [-0.25, -0.2) is 0 Å². The van der Waals surface area contributed by atoms with Gasteiger partial charge in [0.25, 0.3) is 0 Å². The molecule has 10 rings (SSSR count). The van der Waals surface area contributed by atoms with Gasteiger partial charge in [-0.2, -0.15) is 0 Å². The molecule has 0 N–H and O–H groups in total. The number of nitrogens with zero attached hydrogens (tertiary/aromatic N) is 1. The summed E-state index contributed by atoms with van der Waals surface area (Å²) in [5, 5.41) is 9.87. The molecule has 1 aliphatic carbocycles. The zero-order chi connectivity index (χ0) is 31.3. The largest absolute Gasteiger partial charge is 0.456 e. The molecule has 0 saturated carbocycles. The first-order valence-electron chi connectivity index (χ1n) is 16.4. The van der Waals surface area contributed by atoms with Crippen LogP contribution in [0.5, 0.6) is 0 Å². The summed E-state index contributed by atoms with van der Waals surface area (Å²) in [7, 11) is 0. The number of benzene rings is 8. The van der Waals surface area contributed by atoms with Gasteiger partial charge in [0, 0.05) is 39.2 Å². The van der Waals surface area contributed by atoms with E-state index >= 15 is 0 Å². The van der Waals surface area contributed by atoms with Crippen molar-refractivity contribution in [2.45, 2.75) is 19.3 Å². The van der Waals surface area contributed by atoms with E-state index in [2.05, 4.69) is 158 Å². The highest BCUT2D eigenvalue weighted by Gasteiger charge is 2.37. The molecular formula is C45H31NO. The fraction of sp³-hybridized carbons (Fsp3) is 0.0667. The Labute approximate surface area is 273 Å². The standard InChI is InChI=1S/C45H31NO/c1-45(2)39-14-7-5-13-38(39)44-40(45)15-9-16-41(44)46(31-21-25-37-36-12-6-8-17-42(36)47-43(37)27-31)30-20-24-33-29(26-30)19-23-34-32-11-4-3-10-28(32)18-22-35(33)34/h3-27H,1-2H3. The summed E-state index contributed by atoms with van der Waals surface area (Å²) in [6.45, 7) is 4.69. The lowest BCUT2D eigenvalue weighted by molar-refractivity contribution is 0.660. The third kappa shape index (κ3) is 3.73. The van der Waals surface area contributed by atoms with E-state index < -0.39 is 0 Å². The van der Waals surface area contributed by atoms with Crippen LogP contribution in [-0.4, -0.2) is 0 Å². The Kier molecular flexibility index (Phi) is 5.37. The van der Waals surface area contributed by atoms with Crippen LogP contribution in [0, 0.1) is 0 Å². The maximum atomic E-state index is 6.42. The smallest absolute Gasteiger partial charge is 0.137 e. The Hall–Kier alpha value is -5.86. The fourth-order valence-corrected chi connectivity index (χ4v) is 8.16. The molecule has 9 aromatic rings. The van der Waals surface area contributed by atoms with E-state index in [9.17, 15) is 0 Å². The van der Waals surface area contributed by atoms with Gasteiger partial charge in [0.2, 0.25) is 0 Å². The summed E-state index contributed by atoms with van der Waals surface area (Å²) in [5.74, 6) is 0. The summed E-state index contributed by atoms with van der Waals surface area (Å²) < 4.78 is 6.42. The number of hydrogen-bond donors (Lipinski definition) is 0. The predicted molar refractivity (Wildman–Crippen MR) is 198 cm³/mol. The molecule has 2 heteroatoms. The van der Waals surface area contributed by atoms with Crippen LogP contribution in [-0.2, 0) is 5.41 Å². The Morgan fingerprint density at radius 1 is 0.447 bits per heavy atom. The molecule has 0 radical (unpaired) electrons. The van der Waals surface area contributed by atoms with Crippen LogP contribution >= 0.6 is 0 Å². The van der Waals surface area contributed by atoms with Crippen molar-refractivity contribution in [2.24, 2.45) is 0 Å². The molecule has 0 atom stereocenters. The maximum Gasteiger partial charge on any atom is 0.137 e. The number of rotatable bonds is 3. The molecule has 1 aromatic heterocycles. The van der Waals surface area contributed by atoms with E-state index in [4.69, 9.17) is 4.42 Å². The van der Waals surface area contributed by atoms with E-state index in [-0.39, 0.29) is 5.41 Å². The second-order valence-corrected chi connectivity index (χ2v) is 13.3. The molecule has 0 fully saturated rings. The van der Waals surface area contributed by atoms with Gasteiger partial charge in [0.15, 0.2) is 0 Å². The molecule has 47 heavy (non-hydrogen) atoms. The van der Waals surface area contributed by atoms with Crippen molar-refractivity contribution < 1.29 is 4.42 Å². The molecule has 0 unspecified atom stereocenters. The van der Waals surface area contributed by atoms with E-state index in [1.54, 1.807) is 0 Å². The molecule has 1 aliphatic rings. The number of anilines is 3. The van der Waals surface area contributed by atoms with E-state index in [0.29, 0.717) is 0 Å². The minimum Gasteiger partial charge on any atom is -0.456 e. The summed E-state index contributed by atoms with van der Waals surface area (Å²) in [6, 6.07) is 55.3. The van der Waals surface area contributed by atoms with Crippen molar-refractivity contribution in [2.75, 3.05) is 4.90 Å². The van der Waals surface area contributed by atoms with Crippen LogP contribution < -0.4 is 4.90 Å². The molecule has 222 valence electrons. The third-order valence-corrected chi connectivity index (χ3v) is 10.4. The first-order chi connectivity index (χ1) is 23.1. The molecule has 0 aliphatic heterocycles. The number of para-hydroxylation sites is 1. The van der Waals surface area contributed by atoms with Crippen LogP contribution in [0.15, 0.2) is 156 Å². The molecule has 1 heterocycles. The average Bonchev–Trinajstić information content (AvgIpc) is 3.60. The van der Waals surface area contributed by atoms with Crippen molar-refractivity contribution in [3.8, 4) is 11.1 Å². The van der Waals surface area contributed by atoms with Gasteiger partial charge in [-0.05, 0) is 85.4 Å². The lowest BCUT2D eigenvalue weighted by Gasteiger charge is -2.29. The zero-order valence-corrected chi connectivity index (χ0v) is 26.3. The van der Waals surface area contributed by atoms with Crippen molar-refractivity contribution >= 4 is 71.3 Å². The number of fused-ring (bicyclic) bond motifs is 11. The van der Waals surface area contributed by atoms with Crippen LogP contribution in [0.4, 0.5) is 17.1 Å². The van der Waals surface area contributed by atoms with Crippen LogP contribution in [0.1, 0.15) is 25.0 Å². The molecule has 0 spiro atoms. The fourth-order valence-electron chi connectivity index (χ4n) is 8.16. The van der Waals surface area contributed by atoms with E-state index in [0.717, 1.165) is 33.3 Å². The lowest BCUT2D eigenvalue weighted by atomic mass is 9.82. The second-order valence-electron chi connectivity index (χ2n) is 13.3. The van der Waals surface area contributed by atoms with Crippen molar-refractivity contribution in [1.82, 2.24) is 0 Å². The molecule has 2 nitrogen and oxygen atoms in total. The van der Waals surface area contributed by atoms with Gasteiger partial charge in [-0.1, -0.05) is 123 Å². The van der Waals surface area contributed by atoms with Gasteiger partial charge >= 0.3 is 0 Å². The molecule has 0 bridgehead atoms. The van der Waals surface area contributed by atoms with Gasteiger partial charge in [-0.3, -0.25) is 0 Å². The maximum absolute atomic E-state index is 6.42. The van der Waals surface area contributed by atoms with E-state index in [1.165, 1.54) is 60.3 Å². The summed E-state index contributed by atoms with van der Waals surface area (Å²) in [5.41, 5.74) is 10.4. The van der Waals surface area contributed by atoms with Crippen molar-refractivity contribution in [3.05, 3.63) is 163 Å². The highest BCUT2D eigenvalue weighted by molar-refractivity contribution is 6.18. The molecule has 0 amide bonds. The monoisotopic (exact) mass is 601 g/mol. The topological polar surface area (TPSA) is 16.4 Å². The quantitative estimate of drug-likeness (QED) is 0.187. The molecule has 8 aromatic carbocycles. The Morgan fingerprint density at radius 2 is 1.06 bits per heavy atom. The van der Waals surface area contributed by atoms with Gasteiger partial charge in [-0.15, -0.1) is 0 Å². The summed E-state index contributed by atoms with van der Waals surface area (Å²) in [4.78, 5) is 2.42. The number of hydrogen-bond acceptors (Lipinski definition) is 2. The van der Waals surface area contributed by atoms with Crippen LogP contribution in [0.3, 0.4) is 0 Å². The lowest BCUT2D eigenvalue weighted by Crippen LogP contribution is -2.16. The third-order valence-electron chi connectivity index (χ3n) is 10.4. The zero-order valence-electron chi connectivity index (χ0n) is 26.3. The Balaban J connectivity index is 1.24. The second kappa shape index (κ2) is 9.57. The van der Waals surface area contributed by atoms with E-state index in [1.807, 2.05) is 12.1 Å². The summed E-state index contributed by atoms with van der Waals surface area (Å²) in [6.07, 6.45) is 0. The average molecular weight is 602 g/mol. The SMILES string of the molecule is CC1(C)c2ccccc2-c2c(N(c3ccc4c(ccc5c6ccccc6ccc45)c3)c3ccc4c(c3)oc3ccccc34)cccc21. The van der Waals surface area contributed by atoms with Gasteiger partial charge in [0.05, 0.1) is 5.69 Å². The van der Waals surface area contributed by atoms with Crippen molar-refractivity contribution in [3.63, 3.8) is 0 Å². The highest BCUT2D eigenvalue weighted by Crippen LogP contribution is 2.54. The van der Waals surface area contributed by atoms with Crippen LogP contribution in [0.2, 0.25) is 0 Å².